The van der Waals surface area contributed by atoms with E-state index in [9.17, 15) is 9.59 Å². The van der Waals surface area contributed by atoms with E-state index in [0.717, 1.165) is 23.9 Å². The van der Waals surface area contributed by atoms with Crippen LogP contribution in [-0.2, 0) is 16.1 Å². The van der Waals surface area contributed by atoms with E-state index >= 15 is 0 Å². The van der Waals surface area contributed by atoms with Crippen molar-refractivity contribution in [3.05, 3.63) is 11.1 Å². The molecule has 0 aliphatic carbocycles. The van der Waals surface area contributed by atoms with Crippen LogP contribution in [0.1, 0.15) is 32.4 Å². The van der Waals surface area contributed by atoms with Crippen LogP contribution in [0.15, 0.2) is 5.38 Å². The van der Waals surface area contributed by atoms with Gasteiger partial charge in [0.05, 0.1) is 17.0 Å². The van der Waals surface area contributed by atoms with Crippen LogP contribution < -0.4 is 15.5 Å². The van der Waals surface area contributed by atoms with E-state index in [1.54, 1.807) is 11.3 Å². The van der Waals surface area contributed by atoms with Crippen molar-refractivity contribution in [2.75, 3.05) is 23.7 Å². The number of nitrogens with zero attached hydrogens (tertiary/aromatic N) is 2. The Bertz CT molecular complexity index is 596. The monoisotopic (exact) mass is 354 g/mol. The van der Waals surface area contributed by atoms with Crippen LogP contribution in [0, 0.1) is 0 Å². The first kappa shape index (κ1) is 16.6. The molecule has 3 rings (SSSR count). The SMILES string of the molecule is CC1(C)SC[C@@H](C(=O)NCc2csc(N3CCCC3)n2)NC1=O. The Morgan fingerprint density at radius 3 is 2.91 bits per heavy atom. The highest BCUT2D eigenvalue weighted by atomic mass is 32.2. The summed E-state index contributed by atoms with van der Waals surface area (Å²) in [6, 6.07) is -0.461. The molecule has 0 bridgehead atoms. The second-order valence-corrected chi connectivity index (χ2v) is 8.86. The first-order valence-corrected chi connectivity index (χ1v) is 9.74. The highest BCUT2D eigenvalue weighted by molar-refractivity contribution is 8.01. The Hall–Kier alpha value is -1.28. The van der Waals surface area contributed by atoms with Gasteiger partial charge in [-0.1, -0.05) is 0 Å². The van der Waals surface area contributed by atoms with Gasteiger partial charge in [0, 0.05) is 24.2 Å². The van der Waals surface area contributed by atoms with Crippen molar-refractivity contribution in [2.45, 2.75) is 44.0 Å². The lowest BCUT2D eigenvalue weighted by molar-refractivity contribution is -0.129. The second-order valence-electron chi connectivity index (χ2n) is 6.38. The number of carbonyl (C=O) groups excluding carboxylic acids is 2. The number of rotatable bonds is 4. The Morgan fingerprint density at radius 2 is 2.22 bits per heavy atom. The van der Waals surface area contributed by atoms with Gasteiger partial charge >= 0.3 is 0 Å². The third kappa shape index (κ3) is 3.80. The number of nitrogens with one attached hydrogen (secondary N) is 2. The predicted octanol–water partition coefficient (Wildman–Crippen LogP) is 1.37. The fourth-order valence-electron chi connectivity index (χ4n) is 2.60. The summed E-state index contributed by atoms with van der Waals surface area (Å²) in [5.74, 6) is 0.372. The van der Waals surface area contributed by atoms with Crippen LogP contribution in [0.2, 0.25) is 0 Å². The van der Waals surface area contributed by atoms with Gasteiger partial charge in [-0.3, -0.25) is 9.59 Å². The molecule has 2 aliphatic heterocycles. The summed E-state index contributed by atoms with van der Waals surface area (Å²) in [7, 11) is 0. The predicted molar refractivity (Wildman–Crippen MR) is 93.9 cm³/mol. The molecule has 0 unspecified atom stereocenters. The molecule has 6 nitrogen and oxygen atoms in total. The molecular formula is C15H22N4O2S2. The van der Waals surface area contributed by atoms with Crippen molar-refractivity contribution in [1.82, 2.24) is 15.6 Å². The number of thioether (sulfide) groups is 1. The summed E-state index contributed by atoms with van der Waals surface area (Å²) in [6.45, 7) is 6.29. The first-order chi connectivity index (χ1) is 11.0. The number of anilines is 1. The summed E-state index contributed by atoms with van der Waals surface area (Å²) in [5.41, 5.74) is 0.875. The number of thiazole rings is 1. The lowest BCUT2D eigenvalue weighted by Gasteiger charge is -2.32. The molecule has 0 saturated carbocycles. The maximum atomic E-state index is 12.2. The molecule has 1 aromatic rings. The maximum absolute atomic E-state index is 12.2. The quantitative estimate of drug-likeness (QED) is 0.854. The summed E-state index contributed by atoms with van der Waals surface area (Å²) in [6.07, 6.45) is 2.45. The average molecular weight is 355 g/mol. The summed E-state index contributed by atoms with van der Waals surface area (Å²) in [4.78, 5) is 31.0. The van der Waals surface area contributed by atoms with Crippen molar-refractivity contribution in [3.63, 3.8) is 0 Å². The second kappa shape index (κ2) is 6.68. The van der Waals surface area contributed by atoms with Gasteiger partial charge in [-0.15, -0.1) is 23.1 Å². The average Bonchev–Trinajstić information content (AvgIpc) is 3.18. The Balaban J connectivity index is 1.50. The van der Waals surface area contributed by atoms with E-state index in [-0.39, 0.29) is 11.8 Å². The summed E-state index contributed by atoms with van der Waals surface area (Å²) in [5, 5.41) is 8.70. The van der Waals surface area contributed by atoms with Crippen LogP contribution in [0.5, 0.6) is 0 Å². The molecule has 2 N–H and O–H groups in total. The van der Waals surface area contributed by atoms with E-state index in [1.807, 2.05) is 19.2 Å². The lowest BCUT2D eigenvalue weighted by Crippen LogP contribution is -2.57. The topological polar surface area (TPSA) is 74.3 Å². The highest BCUT2D eigenvalue weighted by Crippen LogP contribution is 2.29. The number of aromatic nitrogens is 1. The molecule has 0 radical (unpaired) electrons. The molecule has 126 valence electrons. The van der Waals surface area contributed by atoms with Crippen molar-refractivity contribution in [1.29, 1.82) is 0 Å². The van der Waals surface area contributed by atoms with Crippen LogP contribution in [0.25, 0.3) is 0 Å². The number of hydrogen-bond acceptors (Lipinski definition) is 6. The fraction of sp³-hybridized carbons (Fsp3) is 0.667. The van der Waals surface area contributed by atoms with Crippen LogP contribution in [0.4, 0.5) is 5.13 Å². The first-order valence-electron chi connectivity index (χ1n) is 7.88. The Kier molecular flexibility index (Phi) is 4.82. The van der Waals surface area contributed by atoms with Crippen molar-refractivity contribution >= 4 is 40.0 Å². The van der Waals surface area contributed by atoms with Gasteiger partial charge in [0.25, 0.3) is 0 Å². The molecule has 0 aromatic carbocycles. The van der Waals surface area contributed by atoms with Crippen molar-refractivity contribution in [2.24, 2.45) is 0 Å². The van der Waals surface area contributed by atoms with E-state index < -0.39 is 10.8 Å². The molecule has 2 amide bonds. The molecule has 23 heavy (non-hydrogen) atoms. The van der Waals surface area contributed by atoms with Gasteiger partial charge in [-0.2, -0.15) is 0 Å². The molecule has 1 aromatic heterocycles. The van der Waals surface area contributed by atoms with Gasteiger partial charge in [0.1, 0.15) is 6.04 Å². The molecule has 1 atom stereocenters. The Morgan fingerprint density at radius 1 is 1.48 bits per heavy atom. The molecule has 3 heterocycles. The number of amides is 2. The largest absolute Gasteiger partial charge is 0.349 e. The fourth-order valence-corrected chi connectivity index (χ4v) is 4.49. The van der Waals surface area contributed by atoms with Gasteiger partial charge in [0.2, 0.25) is 11.8 Å². The molecule has 0 spiro atoms. The van der Waals surface area contributed by atoms with E-state index in [4.69, 9.17) is 0 Å². The molecule has 2 aliphatic rings. The third-order valence-electron chi connectivity index (χ3n) is 4.14. The zero-order valence-corrected chi connectivity index (χ0v) is 15.1. The lowest BCUT2D eigenvalue weighted by atomic mass is 10.1. The van der Waals surface area contributed by atoms with Crippen molar-refractivity contribution in [3.8, 4) is 0 Å². The number of carbonyl (C=O) groups is 2. The van der Waals surface area contributed by atoms with Crippen LogP contribution in [-0.4, -0.2) is 46.4 Å². The number of hydrogen-bond donors (Lipinski definition) is 2. The van der Waals surface area contributed by atoms with Crippen LogP contribution >= 0.6 is 23.1 Å². The van der Waals surface area contributed by atoms with Crippen molar-refractivity contribution < 1.29 is 9.59 Å². The third-order valence-corrected chi connectivity index (χ3v) is 6.50. The Labute approximate surface area is 144 Å². The van der Waals surface area contributed by atoms with Gasteiger partial charge in [0.15, 0.2) is 5.13 Å². The standard InChI is InChI=1S/C15H22N4O2S2/c1-15(2)13(21)18-11(9-23-15)12(20)16-7-10-8-22-14(17-10)19-5-3-4-6-19/h8,11H,3-7,9H2,1-2H3,(H,16,20)(H,18,21)/t11-/m0/s1. The zero-order chi connectivity index (χ0) is 16.4. The normalized spacial score (nSPS) is 23.7. The van der Waals surface area contributed by atoms with Gasteiger partial charge < -0.3 is 15.5 Å². The minimum Gasteiger partial charge on any atom is -0.349 e. The minimum atomic E-state index is -0.462. The zero-order valence-electron chi connectivity index (χ0n) is 13.4. The van der Waals surface area contributed by atoms with Crippen LogP contribution in [0.3, 0.4) is 0 Å². The molecule has 8 heteroatoms. The summed E-state index contributed by atoms with van der Waals surface area (Å²) >= 11 is 3.14. The molecule has 2 fully saturated rings. The van der Waals surface area contributed by atoms with Gasteiger partial charge in [-0.05, 0) is 26.7 Å². The van der Waals surface area contributed by atoms with E-state index in [0.29, 0.717) is 12.3 Å². The molecule has 2 saturated heterocycles. The molecular weight excluding hydrogens is 332 g/mol. The smallest absolute Gasteiger partial charge is 0.243 e. The van der Waals surface area contributed by atoms with Gasteiger partial charge in [-0.25, -0.2) is 4.98 Å². The highest BCUT2D eigenvalue weighted by Gasteiger charge is 2.37. The van der Waals surface area contributed by atoms with E-state index in [2.05, 4.69) is 20.5 Å². The minimum absolute atomic E-state index is 0.0844. The maximum Gasteiger partial charge on any atom is 0.243 e. The summed E-state index contributed by atoms with van der Waals surface area (Å²) < 4.78 is -0.462. The van der Waals surface area contributed by atoms with E-state index in [1.165, 1.54) is 24.6 Å².